The molecule has 1 aromatic rings. The standard InChI is InChI=1S/C16H25N3O3/c1-4-12-5-8-16(9-6-12,15(21)22)17-14(20)13-7-10-19(18-13)11(2)3/h7,10-12H,4-6,8-9H2,1-3H3,(H,17,20)(H,21,22). The zero-order valence-electron chi connectivity index (χ0n) is 13.5. The van der Waals surface area contributed by atoms with Crippen LogP contribution in [0.25, 0.3) is 0 Å². The Bertz CT molecular complexity index is 543. The number of hydrogen-bond donors (Lipinski definition) is 2. The largest absolute Gasteiger partial charge is 0.480 e. The van der Waals surface area contributed by atoms with E-state index in [0.717, 1.165) is 19.3 Å². The van der Waals surface area contributed by atoms with Gasteiger partial charge in [-0.1, -0.05) is 13.3 Å². The Hall–Kier alpha value is -1.85. The highest BCUT2D eigenvalue weighted by Gasteiger charge is 2.43. The monoisotopic (exact) mass is 307 g/mol. The summed E-state index contributed by atoms with van der Waals surface area (Å²) in [5.41, 5.74) is -0.878. The molecule has 1 aromatic heterocycles. The number of carboxylic acids is 1. The lowest BCUT2D eigenvalue weighted by Crippen LogP contribution is -2.56. The summed E-state index contributed by atoms with van der Waals surface area (Å²) in [4.78, 5) is 24.1. The summed E-state index contributed by atoms with van der Waals surface area (Å²) in [6.07, 6.45) is 5.44. The Morgan fingerprint density at radius 1 is 1.45 bits per heavy atom. The minimum Gasteiger partial charge on any atom is -0.480 e. The Kier molecular flexibility index (Phi) is 4.88. The third-order valence-electron chi connectivity index (χ3n) is 4.67. The van der Waals surface area contributed by atoms with Crippen molar-refractivity contribution in [2.24, 2.45) is 5.92 Å². The first-order valence-corrected chi connectivity index (χ1v) is 7.99. The summed E-state index contributed by atoms with van der Waals surface area (Å²) in [5, 5.41) is 16.5. The predicted molar refractivity (Wildman–Crippen MR) is 82.7 cm³/mol. The first kappa shape index (κ1) is 16.5. The number of nitrogens with one attached hydrogen (secondary N) is 1. The molecule has 0 unspecified atom stereocenters. The SMILES string of the molecule is CCC1CCC(NC(=O)c2ccn(C(C)C)n2)(C(=O)O)CC1. The zero-order valence-corrected chi connectivity index (χ0v) is 13.5. The van der Waals surface area contributed by atoms with Crippen molar-refractivity contribution in [2.75, 3.05) is 0 Å². The van der Waals surface area contributed by atoms with Crippen LogP contribution >= 0.6 is 0 Å². The van der Waals surface area contributed by atoms with Gasteiger partial charge in [0, 0.05) is 12.2 Å². The average molecular weight is 307 g/mol. The molecule has 0 radical (unpaired) electrons. The van der Waals surface area contributed by atoms with Gasteiger partial charge in [0.15, 0.2) is 0 Å². The number of carbonyl (C=O) groups is 2. The highest BCUT2D eigenvalue weighted by molar-refractivity contribution is 5.96. The van der Waals surface area contributed by atoms with Gasteiger partial charge in [-0.25, -0.2) is 4.79 Å². The molecule has 0 atom stereocenters. The van der Waals surface area contributed by atoms with Gasteiger partial charge in [-0.3, -0.25) is 9.48 Å². The normalized spacial score (nSPS) is 25.2. The van der Waals surface area contributed by atoms with Crippen LogP contribution in [-0.2, 0) is 4.79 Å². The molecule has 1 heterocycles. The fourth-order valence-corrected chi connectivity index (χ4v) is 3.00. The maximum absolute atomic E-state index is 12.4. The highest BCUT2D eigenvalue weighted by Crippen LogP contribution is 2.34. The molecular formula is C16H25N3O3. The van der Waals surface area contributed by atoms with E-state index in [4.69, 9.17) is 0 Å². The minimum atomic E-state index is -1.15. The van der Waals surface area contributed by atoms with Crippen LogP contribution in [0.3, 0.4) is 0 Å². The van der Waals surface area contributed by atoms with E-state index in [1.807, 2.05) is 13.8 Å². The second-order valence-corrected chi connectivity index (χ2v) is 6.47. The van der Waals surface area contributed by atoms with Crippen molar-refractivity contribution in [1.29, 1.82) is 0 Å². The molecule has 0 bridgehead atoms. The molecule has 122 valence electrons. The van der Waals surface area contributed by atoms with Gasteiger partial charge in [-0.2, -0.15) is 5.10 Å². The first-order chi connectivity index (χ1) is 10.4. The van der Waals surface area contributed by atoms with Gasteiger partial charge in [0.1, 0.15) is 11.2 Å². The second kappa shape index (κ2) is 6.50. The van der Waals surface area contributed by atoms with Gasteiger partial charge in [-0.05, 0) is 51.5 Å². The lowest BCUT2D eigenvalue weighted by molar-refractivity contribution is -0.146. The van der Waals surface area contributed by atoms with Crippen molar-refractivity contribution < 1.29 is 14.7 Å². The van der Waals surface area contributed by atoms with Crippen LogP contribution in [-0.4, -0.2) is 32.3 Å². The Labute approximate surface area is 130 Å². The fourth-order valence-electron chi connectivity index (χ4n) is 3.00. The molecule has 1 fully saturated rings. The molecule has 6 nitrogen and oxygen atoms in total. The molecule has 1 saturated carbocycles. The van der Waals surface area contributed by atoms with E-state index in [9.17, 15) is 14.7 Å². The van der Waals surface area contributed by atoms with Crippen LogP contribution in [0.15, 0.2) is 12.3 Å². The van der Waals surface area contributed by atoms with E-state index in [-0.39, 0.29) is 11.7 Å². The smallest absolute Gasteiger partial charge is 0.329 e. The lowest BCUT2D eigenvalue weighted by atomic mass is 9.75. The number of carboxylic acid groups (broad SMARTS) is 1. The molecular weight excluding hydrogens is 282 g/mol. The number of aromatic nitrogens is 2. The number of rotatable bonds is 5. The molecule has 0 aromatic carbocycles. The number of nitrogens with zero attached hydrogens (tertiary/aromatic N) is 2. The van der Waals surface area contributed by atoms with Crippen LogP contribution in [0, 0.1) is 5.92 Å². The van der Waals surface area contributed by atoms with Gasteiger partial charge in [0.25, 0.3) is 5.91 Å². The number of amides is 1. The molecule has 22 heavy (non-hydrogen) atoms. The van der Waals surface area contributed by atoms with Crippen molar-refractivity contribution in [3.8, 4) is 0 Å². The van der Waals surface area contributed by atoms with Crippen molar-refractivity contribution in [3.63, 3.8) is 0 Å². The average Bonchev–Trinajstić information content (AvgIpc) is 2.98. The summed E-state index contributed by atoms with van der Waals surface area (Å²) >= 11 is 0. The second-order valence-electron chi connectivity index (χ2n) is 6.47. The predicted octanol–water partition coefficient (Wildman–Crippen LogP) is 2.62. The van der Waals surface area contributed by atoms with Crippen LogP contribution in [0.5, 0.6) is 0 Å². The Morgan fingerprint density at radius 2 is 2.09 bits per heavy atom. The van der Waals surface area contributed by atoms with E-state index in [1.54, 1.807) is 16.9 Å². The van der Waals surface area contributed by atoms with Crippen molar-refractivity contribution >= 4 is 11.9 Å². The van der Waals surface area contributed by atoms with Crippen LogP contribution in [0.4, 0.5) is 0 Å². The molecule has 0 spiro atoms. The Balaban J connectivity index is 2.11. The van der Waals surface area contributed by atoms with Gasteiger partial charge in [0.2, 0.25) is 0 Å². The summed E-state index contributed by atoms with van der Waals surface area (Å²) in [6.45, 7) is 6.06. The Morgan fingerprint density at radius 3 is 2.55 bits per heavy atom. The molecule has 0 saturated heterocycles. The number of hydrogen-bond acceptors (Lipinski definition) is 3. The van der Waals surface area contributed by atoms with E-state index >= 15 is 0 Å². The summed E-state index contributed by atoms with van der Waals surface area (Å²) in [5.74, 6) is -0.792. The first-order valence-electron chi connectivity index (χ1n) is 7.99. The zero-order chi connectivity index (χ0) is 16.3. The van der Waals surface area contributed by atoms with E-state index in [2.05, 4.69) is 17.3 Å². The van der Waals surface area contributed by atoms with Crippen LogP contribution < -0.4 is 5.32 Å². The number of aliphatic carboxylic acids is 1. The molecule has 2 N–H and O–H groups in total. The quantitative estimate of drug-likeness (QED) is 0.875. The molecule has 0 aliphatic heterocycles. The minimum absolute atomic E-state index is 0.162. The van der Waals surface area contributed by atoms with Gasteiger partial charge < -0.3 is 10.4 Å². The van der Waals surface area contributed by atoms with Gasteiger partial charge >= 0.3 is 5.97 Å². The maximum Gasteiger partial charge on any atom is 0.329 e. The van der Waals surface area contributed by atoms with Crippen LogP contribution in [0.1, 0.15) is 69.4 Å². The molecule has 2 rings (SSSR count). The van der Waals surface area contributed by atoms with Crippen molar-refractivity contribution in [1.82, 2.24) is 15.1 Å². The highest BCUT2D eigenvalue weighted by atomic mass is 16.4. The molecule has 1 aliphatic carbocycles. The number of carbonyl (C=O) groups excluding carboxylic acids is 1. The summed E-state index contributed by atoms with van der Waals surface area (Å²) in [6, 6.07) is 1.79. The van der Waals surface area contributed by atoms with Gasteiger partial charge in [0.05, 0.1) is 0 Å². The van der Waals surface area contributed by atoms with Crippen LogP contribution in [0.2, 0.25) is 0 Å². The third-order valence-corrected chi connectivity index (χ3v) is 4.67. The molecule has 1 aliphatic rings. The van der Waals surface area contributed by atoms with Crippen molar-refractivity contribution in [2.45, 2.75) is 64.5 Å². The fraction of sp³-hybridized carbons (Fsp3) is 0.688. The van der Waals surface area contributed by atoms with E-state index < -0.39 is 17.4 Å². The topological polar surface area (TPSA) is 84.2 Å². The molecule has 6 heteroatoms. The third kappa shape index (κ3) is 3.31. The summed E-state index contributed by atoms with van der Waals surface area (Å²) < 4.78 is 1.69. The van der Waals surface area contributed by atoms with Gasteiger partial charge in [-0.15, -0.1) is 0 Å². The lowest BCUT2D eigenvalue weighted by Gasteiger charge is -2.37. The van der Waals surface area contributed by atoms with Crippen molar-refractivity contribution in [3.05, 3.63) is 18.0 Å². The maximum atomic E-state index is 12.4. The van der Waals surface area contributed by atoms with E-state index in [0.29, 0.717) is 18.8 Å². The van der Waals surface area contributed by atoms with E-state index in [1.165, 1.54) is 0 Å². The molecule has 1 amide bonds. The summed E-state index contributed by atoms with van der Waals surface area (Å²) in [7, 11) is 0.